The summed E-state index contributed by atoms with van der Waals surface area (Å²) >= 11 is 1.72. The van der Waals surface area contributed by atoms with Gasteiger partial charge in [-0.05, 0) is 62.8 Å². The Morgan fingerprint density at radius 1 is 1.18 bits per heavy atom. The quantitative estimate of drug-likeness (QED) is 0.357. The lowest BCUT2D eigenvalue weighted by Crippen LogP contribution is -2.48. The molecule has 1 aromatic carbocycles. The van der Waals surface area contributed by atoms with Gasteiger partial charge in [-0.2, -0.15) is 0 Å². The van der Waals surface area contributed by atoms with Gasteiger partial charge in [0, 0.05) is 28.9 Å². The van der Waals surface area contributed by atoms with Gasteiger partial charge in [0.15, 0.2) is 0 Å². The number of nitrogens with zero attached hydrogens (tertiary/aromatic N) is 2. The number of rotatable bonds is 11. The topological polar surface area (TPSA) is 84.2 Å². The van der Waals surface area contributed by atoms with Gasteiger partial charge in [-0.25, -0.2) is 4.98 Å². The summed E-state index contributed by atoms with van der Waals surface area (Å²) in [5, 5.41) is 14.7. The number of thiophene rings is 1. The molecule has 0 saturated carbocycles. The maximum absolute atomic E-state index is 13.1. The molecule has 0 spiro atoms. The third-order valence-corrected chi connectivity index (χ3v) is 7.43. The van der Waals surface area contributed by atoms with Crippen LogP contribution >= 0.6 is 11.3 Å². The van der Waals surface area contributed by atoms with Crippen LogP contribution in [0.2, 0.25) is 0 Å². The van der Waals surface area contributed by atoms with Gasteiger partial charge in [0.2, 0.25) is 0 Å². The van der Waals surface area contributed by atoms with Gasteiger partial charge in [0.25, 0.3) is 5.91 Å². The lowest BCUT2D eigenvalue weighted by Gasteiger charge is -2.31. The smallest absolute Gasteiger partial charge is 0.311 e. The van der Waals surface area contributed by atoms with Crippen molar-refractivity contribution >= 4 is 34.2 Å². The summed E-state index contributed by atoms with van der Waals surface area (Å²) in [4.78, 5) is 31.1. The van der Waals surface area contributed by atoms with E-state index in [2.05, 4.69) is 41.2 Å². The molecule has 2 heterocycles. The summed E-state index contributed by atoms with van der Waals surface area (Å²) in [5.41, 5.74) is 1.27. The average Bonchev–Trinajstić information content (AvgIpc) is 3.42. The molecule has 7 heteroatoms. The molecule has 2 aromatic heterocycles. The number of hydrogen-bond acceptors (Lipinski definition) is 4. The monoisotopic (exact) mass is 469 g/mol. The maximum atomic E-state index is 13.1. The molecule has 6 nitrogen and oxygen atoms in total. The van der Waals surface area contributed by atoms with Crippen molar-refractivity contribution in [1.82, 2.24) is 14.9 Å². The molecule has 0 aliphatic rings. The number of fused-ring (bicyclic) bond motifs is 1. The van der Waals surface area contributed by atoms with Gasteiger partial charge in [-0.1, -0.05) is 33.3 Å². The Labute approximate surface area is 200 Å². The number of imidazole rings is 1. The molecule has 0 radical (unpaired) electrons. The second kappa shape index (κ2) is 10.5. The molecule has 3 aromatic rings. The molecule has 2 N–H and O–H groups in total. The number of carbonyl (C=O) groups is 2. The SMILES string of the molecule is CCCC(NC(=O)c1ccc2c(c1)nc(Cc1cccs1)n2C(CC)CC)C(C)(C)C(=O)O. The van der Waals surface area contributed by atoms with E-state index in [-0.39, 0.29) is 5.91 Å². The zero-order valence-corrected chi connectivity index (χ0v) is 21.0. The number of carboxylic acid groups (broad SMARTS) is 1. The highest BCUT2D eigenvalue weighted by molar-refractivity contribution is 7.09. The lowest BCUT2D eigenvalue weighted by molar-refractivity contribution is -0.148. The zero-order valence-electron chi connectivity index (χ0n) is 20.2. The lowest BCUT2D eigenvalue weighted by atomic mass is 9.82. The molecule has 0 aliphatic carbocycles. The van der Waals surface area contributed by atoms with Crippen LogP contribution in [-0.4, -0.2) is 32.6 Å². The molecule has 3 rings (SSSR count). The van der Waals surface area contributed by atoms with Crippen LogP contribution in [0.1, 0.15) is 87.4 Å². The Morgan fingerprint density at radius 2 is 1.91 bits per heavy atom. The largest absolute Gasteiger partial charge is 0.481 e. The molecular weight excluding hydrogens is 434 g/mol. The molecule has 0 aliphatic heterocycles. The number of hydrogen-bond donors (Lipinski definition) is 2. The van der Waals surface area contributed by atoms with Crippen LogP contribution in [0.5, 0.6) is 0 Å². The van der Waals surface area contributed by atoms with Gasteiger partial charge < -0.3 is 15.0 Å². The van der Waals surface area contributed by atoms with E-state index in [4.69, 9.17) is 4.98 Å². The summed E-state index contributed by atoms with van der Waals surface area (Å²) in [5.74, 6) is -0.171. The minimum absolute atomic E-state index is 0.262. The van der Waals surface area contributed by atoms with Crippen molar-refractivity contribution in [3.8, 4) is 0 Å². The first-order chi connectivity index (χ1) is 15.7. The van der Waals surface area contributed by atoms with Crippen LogP contribution in [0.15, 0.2) is 35.7 Å². The summed E-state index contributed by atoms with van der Waals surface area (Å²) in [6.07, 6.45) is 4.15. The van der Waals surface area contributed by atoms with Gasteiger partial charge in [0.1, 0.15) is 5.82 Å². The van der Waals surface area contributed by atoms with Crippen LogP contribution in [0.3, 0.4) is 0 Å². The predicted octanol–water partition coefficient (Wildman–Crippen LogP) is 6.06. The average molecular weight is 470 g/mol. The number of aromatic nitrogens is 2. The van der Waals surface area contributed by atoms with E-state index < -0.39 is 17.4 Å². The Balaban J connectivity index is 1.97. The molecule has 1 atom stereocenters. The number of carboxylic acids is 1. The molecular formula is C26H35N3O3S. The van der Waals surface area contributed by atoms with E-state index in [1.165, 1.54) is 4.88 Å². The third kappa shape index (κ3) is 5.29. The van der Waals surface area contributed by atoms with Crippen LogP contribution in [0.25, 0.3) is 11.0 Å². The maximum Gasteiger partial charge on any atom is 0.311 e. The van der Waals surface area contributed by atoms with Gasteiger partial charge in [-0.3, -0.25) is 9.59 Å². The second-order valence-electron chi connectivity index (χ2n) is 9.17. The normalized spacial score (nSPS) is 12.9. The van der Waals surface area contributed by atoms with Crippen molar-refractivity contribution in [2.75, 3.05) is 0 Å². The fourth-order valence-electron chi connectivity index (χ4n) is 4.34. The van der Waals surface area contributed by atoms with Crippen molar-refractivity contribution in [3.05, 3.63) is 52.0 Å². The summed E-state index contributed by atoms with van der Waals surface area (Å²) in [6, 6.07) is 9.69. The van der Waals surface area contributed by atoms with Crippen LogP contribution in [0.4, 0.5) is 0 Å². The minimum atomic E-state index is -1.05. The number of carbonyl (C=O) groups excluding carboxylic acids is 1. The number of amides is 1. The molecule has 1 unspecified atom stereocenters. The fraction of sp³-hybridized carbons (Fsp3) is 0.500. The Morgan fingerprint density at radius 3 is 2.48 bits per heavy atom. The van der Waals surface area contributed by atoms with E-state index in [9.17, 15) is 14.7 Å². The predicted molar refractivity (Wildman–Crippen MR) is 134 cm³/mol. The molecule has 1 amide bonds. The number of nitrogens with one attached hydrogen (secondary N) is 1. The minimum Gasteiger partial charge on any atom is -0.481 e. The first kappa shape index (κ1) is 25.0. The molecule has 33 heavy (non-hydrogen) atoms. The highest BCUT2D eigenvalue weighted by Gasteiger charge is 2.37. The van der Waals surface area contributed by atoms with Crippen molar-refractivity contribution in [1.29, 1.82) is 0 Å². The first-order valence-electron chi connectivity index (χ1n) is 11.8. The Bertz CT molecular complexity index is 1100. The van der Waals surface area contributed by atoms with Gasteiger partial charge >= 0.3 is 5.97 Å². The van der Waals surface area contributed by atoms with E-state index in [0.717, 1.165) is 42.5 Å². The Kier molecular flexibility index (Phi) is 7.95. The molecule has 0 fully saturated rings. The fourth-order valence-corrected chi connectivity index (χ4v) is 5.04. The van der Waals surface area contributed by atoms with Gasteiger partial charge in [0.05, 0.1) is 16.4 Å². The summed E-state index contributed by atoms with van der Waals surface area (Å²) in [6.45, 7) is 9.69. The van der Waals surface area contributed by atoms with Crippen LogP contribution < -0.4 is 5.32 Å². The third-order valence-electron chi connectivity index (χ3n) is 6.55. The number of benzene rings is 1. The highest BCUT2D eigenvalue weighted by Crippen LogP contribution is 2.29. The molecule has 0 saturated heterocycles. The van der Waals surface area contributed by atoms with Gasteiger partial charge in [-0.15, -0.1) is 11.3 Å². The second-order valence-corrected chi connectivity index (χ2v) is 10.2. The summed E-state index contributed by atoms with van der Waals surface area (Å²) in [7, 11) is 0. The van der Waals surface area contributed by atoms with Crippen LogP contribution in [0, 0.1) is 5.41 Å². The van der Waals surface area contributed by atoms with E-state index in [1.807, 2.05) is 25.1 Å². The van der Waals surface area contributed by atoms with Crippen molar-refractivity contribution in [2.24, 2.45) is 5.41 Å². The highest BCUT2D eigenvalue weighted by atomic mass is 32.1. The van der Waals surface area contributed by atoms with E-state index in [1.54, 1.807) is 25.2 Å². The van der Waals surface area contributed by atoms with E-state index >= 15 is 0 Å². The van der Waals surface area contributed by atoms with E-state index in [0.29, 0.717) is 18.0 Å². The molecule has 178 valence electrons. The van der Waals surface area contributed by atoms with Crippen molar-refractivity contribution < 1.29 is 14.7 Å². The standard InChI is InChI=1S/C26H35N3O3S/c1-6-10-22(26(4,5)25(31)32)28-24(30)17-12-13-21-20(15-17)27-23(16-19-11-9-14-33-19)29(21)18(7-2)8-3/h9,11-15,18,22H,6-8,10,16H2,1-5H3,(H,28,30)(H,31,32). The zero-order chi connectivity index (χ0) is 24.2. The Hall–Kier alpha value is -2.67. The number of aliphatic carboxylic acids is 1. The van der Waals surface area contributed by atoms with Crippen LogP contribution in [-0.2, 0) is 11.2 Å². The first-order valence-corrected chi connectivity index (χ1v) is 12.7. The van der Waals surface area contributed by atoms with Crippen molar-refractivity contribution in [3.63, 3.8) is 0 Å². The summed E-state index contributed by atoms with van der Waals surface area (Å²) < 4.78 is 2.32. The van der Waals surface area contributed by atoms with Crippen molar-refractivity contribution in [2.45, 2.75) is 78.8 Å². The molecule has 0 bridgehead atoms.